The number of hydrogen-bond donors (Lipinski definition) is 1. The van der Waals surface area contributed by atoms with Gasteiger partial charge in [-0.2, -0.15) is 0 Å². The van der Waals surface area contributed by atoms with E-state index < -0.39 is 0 Å². The Bertz CT molecular complexity index is 1010. The quantitative estimate of drug-likeness (QED) is 0.452. The summed E-state index contributed by atoms with van der Waals surface area (Å²) in [5.41, 5.74) is 3.98. The van der Waals surface area contributed by atoms with Gasteiger partial charge in [-0.15, -0.1) is 0 Å². The van der Waals surface area contributed by atoms with Crippen LogP contribution in [0.5, 0.6) is 5.75 Å². The van der Waals surface area contributed by atoms with Gasteiger partial charge < -0.3 is 14.5 Å². The van der Waals surface area contributed by atoms with E-state index in [-0.39, 0.29) is 12.1 Å². The topological polar surface area (TPSA) is 64.2 Å². The van der Waals surface area contributed by atoms with E-state index in [4.69, 9.17) is 9.47 Å². The highest BCUT2D eigenvalue weighted by Crippen LogP contribution is 2.34. The van der Waals surface area contributed by atoms with Crippen molar-refractivity contribution in [1.82, 2.24) is 9.97 Å². The lowest BCUT2D eigenvalue weighted by atomic mass is 9.78. The van der Waals surface area contributed by atoms with Gasteiger partial charge in [-0.05, 0) is 68.0 Å². The predicted octanol–water partition coefficient (Wildman–Crippen LogP) is 6.70. The van der Waals surface area contributed by atoms with Crippen LogP contribution in [0.4, 0.5) is 0 Å². The minimum Gasteiger partial charge on any atom is -0.491 e. The van der Waals surface area contributed by atoms with Crippen molar-refractivity contribution in [3.63, 3.8) is 0 Å². The highest BCUT2D eigenvalue weighted by molar-refractivity contribution is 5.93. The molecule has 0 spiro atoms. The summed E-state index contributed by atoms with van der Waals surface area (Å²) in [6, 6.07) is 13.3. The molecule has 4 rings (SSSR count). The van der Waals surface area contributed by atoms with Crippen molar-refractivity contribution in [2.75, 3.05) is 7.11 Å². The van der Waals surface area contributed by atoms with E-state index in [1.165, 1.54) is 39.2 Å². The second-order valence-electron chi connectivity index (χ2n) is 9.62. The van der Waals surface area contributed by atoms with Crippen molar-refractivity contribution in [3.05, 3.63) is 59.4 Å². The molecule has 5 heteroatoms. The number of aromatic nitrogens is 2. The number of carbonyl (C=O) groups excluding carboxylic acids is 1. The van der Waals surface area contributed by atoms with E-state index in [0.717, 1.165) is 28.2 Å². The van der Waals surface area contributed by atoms with Crippen molar-refractivity contribution in [2.24, 2.45) is 5.41 Å². The van der Waals surface area contributed by atoms with Crippen LogP contribution in [0.2, 0.25) is 0 Å². The molecular formula is C27H36N2O3. The standard InChI is InChI=1S/C19H20N2O3.C8H16/c1-12(2)24-15-7-4-13(5-8-15)10-18-20-16-9-6-14(19(22)23-3)11-17(16)21-18;1-8(2)6-4-3-5-7-8/h4-9,11-12H,10H2,1-3H3,(H,20,21);3-7H2,1-2H3. The molecule has 0 amide bonds. The molecule has 32 heavy (non-hydrogen) atoms. The Morgan fingerprint density at radius 2 is 1.75 bits per heavy atom. The molecule has 1 aromatic heterocycles. The summed E-state index contributed by atoms with van der Waals surface area (Å²) in [7, 11) is 1.37. The molecule has 1 N–H and O–H groups in total. The number of nitrogens with one attached hydrogen (secondary N) is 1. The van der Waals surface area contributed by atoms with E-state index in [9.17, 15) is 4.79 Å². The zero-order valence-corrected chi connectivity index (χ0v) is 20.0. The van der Waals surface area contributed by atoms with Gasteiger partial charge in [0.1, 0.15) is 11.6 Å². The Kier molecular flexibility index (Phi) is 7.94. The summed E-state index contributed by atoms with van der Waals surface area (Å²) in [4.78, 5) is 19.4. The number of ether oxygens (including phenoxy) is 2. The predicted molar refractivity (Wildman–Crippen MR) is 129 cm³/mol. The Hall–Kier alpha value is -2.82. The minimum atomic E-state index is -0.353. The Morgan fingerprint density at radius 1 is 1.06 bits per heavy atom. The van der Waals surface area contributed by atoms with Crippen LogP contribution < -0.4 is 4.74 Å². The average Bonchev–Trinajstić information content (AvgIpc) is 3.16. The first-order chi connectivity index (χ1) is 15.3. The number of fused-ring (bicyclic) bond motifs is 1. The summed E-state index contributed by atoms with van der Waals surface area (Å²) in [6.45, 7) is 8.77. The van der Waals surface area contributed by atoms with Gasteiger partial charge in [0, 0.05) is 6.42 Å². The maximum absolute atomic E-state index is 11.6. The van der Waals surface area contributed by atoms with Crippen molar-refractivity contribution in [1.29, 1.82) is 0 Å². The average molecular weight is 437 g/mol. The number of benzene rings is 2. The molecule has 5 nitrogen and oxygen atoms in total. The first kappa shape index (κ1) is 23.8. The van der Waals surface area contributed by atoms with Gasteiger partial charge in [-0.1, -0.05) is 45.2 Å². The maximum atomic E-state index is 11.6. The monoisotopic (exact) mass is 436 g/mol. The van der Waals surface area contributed by atoms with Gasteiger partial charge >= 0.3 is 5.97 Å². The zero-order valence-electron chi connectivity index (χ0n) is 20.0. The van der Waals surface area contributed by atoms with Gasteiger partial charge in [0.15, 0.2) is 0 Å². The fourth-order valence-corrected chi connectivity index (χ4v) is 4.05. The van der Waals surface area contributed by atoms with Crippen molar-refractivity contribution in [3.8, 4) is 5.75 Å². The molecule has 1 aliphatic carbocycles. The smallest absolute Gasteiger partial charge is 0.337 e. The molecule has 0 aliphatic heterocycles. The summed E-state index contributed by atoms with van der Waals surface area (Å²) in [6.07, 6.45) is 8.16. The van der Waals surface area contributed by atoms with Crippen molar-refractivity contribution < 1.29 is 14.3 Å². The normalized spacial score (nSPS) is 15.2. The molecule has 0 bridgehead atoms. The Labute approximate surface area is 191 Å². The fourth-order valence-electron chi connectivity index (χ4n) is 4.05. The van der Waals surface area contributed by atoms with Crippen LogP contribution in [0.25, 0.3) is 11.0 Å². The van der Waals surface area contributed by atoms with Gasteiger partial charge in [0.25, 0.3) is 0 Å². The molecular weight excluding hydrogens is 400 g/mol. The number of rotatable bonds is 5. The molecule has 0 unspecified atom stereocenters. The largest absolute Gasteiger partial charge is 0.491 e. The third-order valence-corrected chi connectivity index (χ3v) is 5.83. The lowest BCUT2D eigenvalue weighted by molar-refractivity contribution is 0.0601. The molecule has 1 fully saturated rings. The summed E-state index contributed by atoms with van der Waals surface area (Å²) in [5, 5.41) is 0. The molecule has 3 aromatic rings. The number of aromatic amines is 1. The first-order valence-corrected chi connectivity index (χ1v) is 11.6. The van der Waals surface area contributed by atoms with E-state index in [2.05, 4.69) is 23.8 Å². The van der Waals surface area contributed by atoms with Crippen molar-refractivity contribution in [2.45, 2.75) is 72.3 Å². The fraction of sp³-hybridized carbons (Fsp3) is 0.481. The molecule has 0 atom stereocenters. The van der Waals surface area contributed by atoms with E-state index in [1.54, 1.807) is 12.1 Å². The van der Waals surface area contributed by atoms with Gasteiger partial charge in [0.05, 0.1) is 29.8 Å². The minimum absolute atomic E-state index is 0.162. The molecule has 172 valence electrons. The van der Waals surface area contributed by atoms with Crippen LogP contribution in [-0.4, -0.2) is 29.2 Å². The highest BCUT2D eigenvalue weighted by Gasteiger charge is 2.20. The number of imidazole rings is 1. The molecule has 2 aromatic carbocycles. The van der Waals surface area contributed by atoms with Crippen LogP contribution in [0.1, 0.15) is 81.5 Å². The Morgan fingerprint density at radius 3 is 2.31 bits per heavy atom. The summed E-state index contributed by atoms with van der Waals surface area (Å²) >= 11 is 0. The van der Waals surface area contributed by atoms with Crippen LogP contribution in [0, 0.1) is 5.41 Å². The third-order valence-electron chi connectivity index (χ3n) is 5.83. The zero-order chi connectivity index (χ0) is 23.1. The first-order valence-electron chi connectivity index (χ1n) is 11.6. The lowest BCUT2D eigenvalue weighted by Crippen LogP contribution is -2.14. The number of carbonyl (C=O) groups is 1. The highest BCUT2D eigenvalue weighted by atomic mass is 16.5. The Balaban J connectivity index is 0.000000305. The second-order valence-corrected chi connectivity index (χ2v) is 9.62. The van der Waals surface area contributed by atoms with Gasteiger partial charge in [-0.25, -0.2) is 9.78 Å². The van der Waals surface area contributed by atoms with Crippen LogP contribution in [-0.2, 0) is 11.2 Å². The number of H-pyrrole nitrogens is 1. The molecule has 0 radical (unpaired) electrons. The van der Waals surface area contributed by atoms with Crippen LogP contribution in [0.3, 0.4) is 0 Å². The summed E-state index contributed by atoms with van der Waals surface area (Å²) in [5.74, 6) is 1.36. The van der Waals surface area contributed by atoms with E-state index in [0.29, 0.717) is 17.4 Å². The van der Waals surface area contributed by atoms with Gasteiger partial charge in [-0.3, -0.25) is 0 Å². The van der Waals surface area contributed by atoms with E-state index >= 15 is 0 Å². The molecule has 0 saturated heterocycles. The van der Waals surface area contributed by atoms with Crippen molar-refractivity contribution >= 4 is 17.0 Å². The number of esters is 1. The van der Waals surface area contributed by atoms with Crippen LogP contribution >= 0.6 is 0 Å². The molecule has 1 aliphatic rings. The third kappa shape index (κ3) is 6.84. The number of methoxy groups -OCH3 is 1. The molecule has 1 heterocycles. The van der Waals surface area contributed by atoms with E-state index in [1.807, 2.05) is 44.2 Å². The molecule has 1 saturated carbocycles. The van der Waals surface area contributed by atoms with Gasteiger partial charge in [0.2, 0.25) is 0 Å². The lowest BCUT2D eigenvalue weighted by Gasteiger charge is -2.28. The number of hydrogen-bond acceptors (Lipinski definition) is 4. The maximum Gasteiger partial charge on any atom is 0.337 e. The number of nitrogens with zero attached hydrogens (tertiary/aromatic N) is 1. The second kappa shape index (κ2) is 10.7. The summed E-state index contributed by atoms with van der Waals surface area (Å²) < 4.78 is 10.4. The SMILES string of the molecule is CC1(C)CCCCC1.COC(=O)c1ccc2nc(Cc3ccc(OC(C)C)cc3)[nH]c2c1. The van der Waals surface area contributed by atoms with Crippen LogP contribution in [0.15, 0.2) is 42.5 Å².